The number of likely N-dealkylation sites (tertiary alicyclic amines) is 1. The highest BCUT2D eigenvalue weighted by Crippen LogP contribution is 2.35. The number of carbonyl (C=O) groups excluding carboxylic acids is 1. The fraction of sp³-hybridized carbons (Fsp3) is 0.474. The summed E-state index contributed by atoms with van der Waals surface area (Å²) in [5, 5.41) is 8.06. The molecule has 4 nitrogen and oxygen atoms in total. The van der Waals surface area contributed by atoms with Crippen LogP contribution in [0.3, 0.4) is 0 Å². The first-order chi connectivity index (χ1) is 12.6. The number of halogens is 3. The summed E-state index contributed by atoms with van der Waals surface area (Å²) in [6.07, 6.45) is 1.73. The average molecular weight is 419 g/mol. The van der Waals surface area contributed by atoms with Crippen molar-refractivity contribution in [1.29, 1.82) is 0 Å². The molecule has 1 fully saturated rings. The average Bonchev–Trinajstić information content (AvgIpc) is 3.17. The summed E-state index contributed by atoms with van der Waals surface area (Å²) in [7, 11) is 0. The summed E-state index contributed by atoms with van der Waals surface area (Å²) in [5.74, 6) is 0.339. The maximum Gasteiger partial charge on any atom is 0.316 e. The highest BCUT2D eigenvalue weighted by atomic mass is 35.5. The van der Waals surface area contributed by atoms with Crippen molar-refractivity contribution in [2.45, 2.75) is 46.5 Å². The number of piperidine rings is 1. The van der Waals surface area contributed by atoms with E-state index in [2.05, 4.69) is 10.2 Å². The van der Waals surface area contributed by atoms with Crippen LogP contribution in [0.25, 0.3) is 11.3 Å². The Bertz CT molecular complexity index is 695. The van der Waals surface area contributed by atoms with Gasteiger partial charge in [-0.2, -0.15) is 5.10 Å². The first-order valence-corrected chi connectivity index (χ1v) is 10.1. The van der Waals surface area contributed by atoms with E-state index in [9.17, 15) is 4.79 Å². The van der Waals surface area contributed by atoms with Gasteiger partial charge in [0.05, 0.1) is 15.7 Å². The Balaban J connectivity index is 0.000000791. The second-order valence-electron chi connectivity index (χ2n) is 5.32. The first-order valence-electron chi connectivity index (χ1n) is 9.00. The van der Waals surface area contributed by atoms with E-state index >= 15 is 0 Å². The lowest BCUT2D eigenvalue weighted by molar-refractivity contribution is 0.203. The van der Waals surface area contributed by atoms with Crippen LogP contribution >= 0.6 is 34.8 Å². The zero-order valence-electron chi connectivity index (χ0n) is 15.7. The smallest absolute Gasteiger partial charge is 0.316 e. The minimum Gasteiger partial charge on any atom is -0.329 e. The molecule has 3 rings (SSSR count). The summed E-state index contributed by atoms with van der Waals surface area (Å²) in [6.45, 7) is 9.33. The van der Waals surface area contributed by atoms with Crippen molar-refractivity contribution in [1.82, 2.24) is 15.1 Å². The fourth-order valence-electron chi connectivity index (χ4n) is 2.75. The Morgan fingerprint density at radius 3 is 2.35 bits per heavy atom. The number of nitrogens with one attached hydrogen (secondary N) is 1. The number of benzene rings is 1. The van der Waals surface area contributed by atoms with Crippen LogP contribution in [-0.2, 0) is 0 Å². The number of amides is 1. The van der Waals surface area contributed by atoms with E-state index in [-0.39, 0.29) is 5.37 Å². The molecule has 0 radical (unpaired) electrons. The molecule has 1 saturated heterocycles. The lowest BCUT2D eigenvalue weighted by atomic mass is 9.93. The summed E-state index contributed by atoms with van der Waals surface area (Å²) in [6, 6.07) is 7.49. The van der Waals surface area contributed by atoms with Gasteiger partial charge < -0.3 is 4.90 Å². The monoisotopic (exact) mass is 417 g/mol. The minimum atomic E-state index is -0.380. The van der Waals surface area contributed by atoms with Gasteiger partial charge in [-0.05, 0) is 36.6 Å². The number of H-pyrrole nitrogens is 1. The largest absolute Gasteiger partial charge is 0.329 e. The molecule has 26 heavy (non-hydrogen) atoms. The van der Waals surface area contributed by atoms with Crippen molar-refractivity contribution in [3.05, 3.63) is 40.0 Å². The zero-order chi connectivity index (χ0) is 19.7. The molecule has 0 bridgehead atoms. The lowest BCUT2D eigenvalue weighted by Gasteiger charge is -2.29. The van der Waals surface area contributed by atoms with Gasteiger partial charge in [-0.15, -0.1) is 0 Å². The molecule has 1 aliphatic rings. The van der Waals surface area contributed by atoms with Crippen molar-refractivity contribution in [2.75, 3.05) is 13.1 Å². The van der Waals surface area contributed by atoms with Crippen LogP contribution in [0.2, 0.25) is 10.0 Å². The molecule has 0 unspecified atom stereocenters. The molecular formula is C19H26Cl3N3O. The Labute approximate surface area is 170 Å². The number of aromatic amines is 1. The predicted molar refractivity (Wildman–Crippen MR) is 112 cm³/mol. The number of carbonyl (C=O) groups is 1. The van der Waals surface area contributed by atoms with Crippen LogP contribution < -0.4 is 0 Å². The molecule has 1 amide bonds. The van der Waals surface area contributed by atoms with E-state index in [0.717, 1.165) is 29.8 Å². The third-order valence-electron chi connectivity index (χ3n) is 4.01. The third-order valence-corrected chi connectivity index (χ3v) is 5.07. The molecule has 2 aromatic rings. The number of aromatic nitrogens is 2. The molecule has 144 valence electrons. The second-order valence-corrected chi connectivity index (χ2v) is 6.43. The van der Waals surface area contributed by atoms with Crippen LogP contribution in [-0.4, -0.2) is 33.6 Å². The van der Waals surface area contributed by atoms with Crippen molar-refractivity contribution in [2.24, 2.45) is 0 Å². The van der Waals surface area contributed by atoms with E-state index < -0.39 is 0 Å². The van der Waals surface area contributed by atoms with Crippen LogP contribution in [0.5, 0.6) is 0 Å². The molecule has 0 spiro atoms. The van der Waals surface area contributed by atoms with Crippen molar-refractivity contribution < 1.29 is 4.79 Å². The fourth-order valence-corrected chi connectivity index (χ4v) is 3.32. The number of nitrogens with zero attached hydrogens (tertiary/aromatic N) is 2. The Morgan fingerprint density at radius 2 is 1.77 bits per heavy atom. The summed E-state index contributed by atoms with van der Waals surface area (Å²) in [5.41, 5.74) is 2.64. The summed E-state index contributed by atoms with van der Waals surface area (Å²) < 4.78 is 0. The van der Waals surface area contributed by atoms with Gasteiger partial charge >= 0.3 is 5.37 Å². The van der Waals surface area contributed by atoms with Crippen LogP contribution in [0.15, 0.2) is 24.3 Å². The van der Waals surface area contributed by atoms with Gasteiger partial charge in [0.2, 0.25) is 0 Å². The molecule has 1 aromatic heterocycles. The first kappa shape index (κ1) is 22.8. The maximum absolute atomic E-state index is 11.1. The van der Waals surface area contributed by atoms with Gasteiger partial charge in [-0.1, -0.05) is 63.0 Å². The van der Waals surface area contributed by atoms with Crippen LogP contribution in [0, 0.1) is 0 Å². The molecular weight excluding hydrogens is 393 g/mol. The van der Waals surface area contributed by atoms with Gasteiger partial charge in [0.1, 0.15) is 0 Å². The molecule has 0 atom stereocenters. The number of hydrogen-bond acceptors (Lipinski definition) is 2. The standard InChI is InChI=1S/C15H14Cl3N3O.2C2H6/c16-11-3-1-2-10(14(11)17)13-8-12(19-20-13)9-4-6-21(7-5-9)15(18)22;2*1-2/h1-3,8-9H,4-7H2,(H,19,20);2*1-2H3. The Hall–Kier alpha value is -1.23. The maximum atomic E-state index is 11.1. The molecule has 0 saturated carbocycles. The molecule has 1 aliphatic heterocycles. The van der Waals surface area contributed by atoms with Crippen LogP contribution in [0.4, 0.5) is 4.79 Å². The van der Waals surface area contributed by atoms with E-state index in [4.69, 9.17) is 34.8 Å². The lowest BCUT2D eigenvalue weighted by Crippen LogP contribution is -2.34. The summed E-state index contributed by atoms with van der Waals surface area (Å²) in [4.78, 5) is 12.8. The molecule has 2 heterocycles. The SMILES string of the molecule is CC.CC.O=C(Cl)N1CCC(c2cc(-c3cccc(Cl)c3Cl)n[nH]2)CC1. The Kier molecular flexibility index (Phi) is 10.1. The normalized spacial score (nSPS) is 14.0. The molecule has 1 aromatic carbocycles. The third kappa shape index (κ3) is 5.63. The zero-order valence-corrected chi connectivity index (χ0v) is 17.9. The molecule has 7 heteroatoms. The van der Waals surface area contributed by atoms with Gasteiger partial charge in [-0.3, -0.25) is 9.89 Å². The predicted octanol–water partition coefficient (Wildman–Crippen LogP) is 6.97. The van der Waals surface area contributed by atoms with Gasteiger partial charge in [0.25, 0.3) is 0 Å². The number of rotatable bonds is 2. The number of hydrogen-bond donors (Lipinski definition) is 1. The molecule has 0 aliphatic carbocycles. The van der Waals surface area contributed by atoms with Gasteiger partial charge in [0.15, 0.2) is 0 Å². The quantitative estimate of drug-likeness (QED) is 0.422. The van der Waals surface area contributed by atoms with E-state index in [1.807, 2.05) is 45.9 Å². The van der Waals surface area contributed by atoms with Gasteiger partial charge in [-0.25, -0.2) is 0 Å². The highest BCUT2D eigenvalue weighted by Gasteiger charge is 2.24. The topological polar surface area (TPSA) is 49.0 Å². The van der Waals surface area contributed by atoms with Crippen molar-refractivity contribution in [3.8, 4) is 11.3 Å². The Morgan fingerprint density at radius 1 is 1.15 bits per heavy atom. The van der Waals surface area contributed by atoms with Gasteiger partial charge in [0, 0.05) is 30.3 Å². The van der Waals surface area contributed by atoms with E-state index in [0.29, 0.717) is 29.1 Å². The van der Waals surface area contributed by atoms with Crippen LogP contribution in [0.1, 0.15) is 52.1 Å². The van der Waals surface area contributed by atoms with E-state index in [1.54, 1.807) is 11.0 Å². The van der Waals surface area contributed by atoms with Crippen molar-refractivity contribution >= 4 is 40.2 Å². The van der Waals surface area contributed by atoms with E-state index in [1.165, 1.54) is 0 Å². The molecule has 1 N–H and O–H groups in total. The highest BCUT2D eigenvalue weighted by molar-refractivity contribution is 6.62. The second kappa shape index (κ2) is 11.5. The summed E-state index contributed by atoms with van der Waals surface area (Å²) >= 11 is 17.8. The van der Waals surface area contributed by atoms with Crippen molar-refractivity contribution in [3.63, 3.8) is 0 Å². The minimum absolute atomic E-state index is 0.339.